The SMILES string of the molecule is COc1ccc(NC(=O)CC2C(=O)N(c3cccc(OC)c3)C(=O)N2Cc2ccc(C)cc2)cc1. The van der Waals surface area contributed by atoms with Crippen LogP contribution in [0, 0.1) is 6.92 Å². The van der Waals surface area contributed by atoms with Gasteiger partial charge in [0.25, 0.3) is 5.91 Å². The summed E-state index contributed by atoms with van der Waals surface area (Å²) >= 11 is 0. The van der Waals surface area contributed by atoms with Crippen molar-refractivity contribution in [3.8, 4) is 11.5 Å². The molecule has 1 fully saturated rings. The second-order valence-corrected chi connectivity index (χ2v) is 8.27. The van der Waals surface area contributed by atoms with Gasteiger partial charge in [-0.15, -0.1) is 0 Å². The normalized spacial score (nSPS) is 15.3. The van der Waals surface area contributed by atoms with Crippen molar-refractivity contribution in [2.75, 3.05) is 24.4 Å². The Morgan fingerprint density at radius 1 is 0.914 bits per heavy atom. The van der Waals surface area contributed by atoms with E-state index in [1.54, 1.807) is 55.6 Å². The molecule has 0 saturated carbocycles. The Morgan fingerprint density at radius 3 is 2.26 bits per heavy atom. The van der Waals surface area contributed by atoms with Crippen LogP contribution in [0.5, 0.6) is 11.5 Å². The Bertz CT molecular complexity index is 1220. The summed E-state index contributed by atoms with van der Waals surface area (Å²) in [5, 5.41) is 2.80. The summed E-state index contributed by atoms with van der Waals surface area (Å²) in [7, 11) is 3.08. The van der Waals surface area contributed by atoms with Crippen LogP contribution in [-0.4, -0.2) is 43.0 Å². The smallest absolute Gasteiger partial charge is 0.332 e. The van der Waals surface area contributed by atoms with Gasteiger partial charge in [-0.05, 0) is 48.9 Å². The Morgan fingerprint density at radius 2 is 1.60 bits per heavy atom. The van der Waals surface area contributed by atoms with E-state index < -0.39 is 18.0 Å². The molecular weight excluding hydrogens is 446 g/mol. The minimum Gasteiger partial charge on any atom is -0.497 e. The van der Waals surface area contributed by atoms with E-state index in [0.29, 0.717) is 22.9 Å². The monoisotopic (exact) mass is 473 g/mol. The first-order chi connectivity index (χ1) is 16.9. The third kappa shape index (κ3) is 5.27. The van der Waals surface area contributed by atoms with Crippen LogP contribution in [0.1, 0.15) is 17.5 Å². The molecule has 1 unspecified atom stereocenters. The van der Waals surface area contributed by atoms with Crippen molar-refractivity contribution in [2.45, 2.75) is 25.9 Å². The maximum absolute atomic E-state index is 13.5. The Balaban J connectivity index is 1.59. The first-order valence-corrected chi connectivity index (χ1v) is 11.2. The van der Waals surface area contributed by atoms with Gasteiger partial charge in [0, 0.05) is 18.3 Å². The van der Waals surface area contributed by atoms with E-state index in [4.69, 9.17) is 9.47 Å². The molecule has 180 valence electrons. The van der Waals surface area contributed by atoms with E-state index in [1.807, 2.05) is 31.2 Å². The molecule has 1 aliphatic rings. The molecule has 4 amide bonds. The second kappa shape index (κ2) is 10.3. The Hall–Kier alpha value is -4.33. The quantitative estimate of drug-likeness (QED) is 0.491. The first-order valence-electron chi connectivity index (χ1n) is 11.2. The molecular formula is C27H27N3O5. The van der Waals surface area contributed by atoms with Crippen molar-refractivity contribution in [3.63, 3.8) is 0 Å². The van der Waals surface area contributed by atoms with Gasteiger partial charge in [-0.3, -0.25) is 9.59 Å². The van der Waals surface area contributed by atoms with Gasteiger partial charge in [0.15, 0.2) is 0 Å². The number of rotatable bonds is 8. The zero-order valence-corrected chi connectivity index (χ0v) is 19.9. The fraction of sp³-hybridized carbons (Fsp3) is 0.222. The summed E-state index contributed by atoms with van der Waals surface area (Å²) in [6.45, 7) is 2.18. The van der Waals surface area contributed by atoms with Crippen molar-refractivity contribution in [3.05, 3.63) is 83.9 Å². The van der Waals surface area contributed by atoms with E-state index in [-0.39, 0.29) is 18.9 Å². The molecule has 8 nitrogen and oxygen atoms in total. The third-order valence-corrected chi connectivity index (χ3v) is 5.86. The number of methoxy groups -OCH3 is 2. The van der Waals surface area contributed by atoms with Gasteiger partial charge in [-0.1, -0.05) is 35.9 Å². The van der Waals surface area contributed by atoms with Crippen LogP contribution in [0.2, 0.25) is 0 Å². The fourth-order valence-electron chi connectivity index (χ4n) is 3.95. The second-order valence-electron chi connectivity index (χ2n) is 8.27. The number of aryl methyl sites for hydroxylation is 1. The molecule has 1 heterocycles. The lowest BCUT2D eigenvalue weighted by molar-refractivity contribution is -0.124. The molecule has 0 bridgehead atoms. The predicted octanol–water partition coefficient (Wildman–Crippen LogP) is 4.38. The summed E-state index contributed by atoms with van der Waals surface area (Å²) in [5.41, 5.74) is 2.92. The molecule has 1 aliphatic heterocycles. The van der Waals surface area contributed by atoms with Crippen LogP contribution in [-0.2, 0) is 16.1 Å². The van der Waals surface area contributed by atoms with Crippen LogP contribution in [0.3, 0.4) is 0 Å². The number of amides is 4. The molecule has 0 aromatic heterocycles. The highest BCUT2D eigenvalue weighted by Gasteiger charge is 2.46. The Kier molecular flexibility index (Phi) is 7.01. The van der Waals surface area contributed by atoms with Gasteiger partial charge in [0.05, 0.1) is 26.3 Å². The lowest BCUT2D eigenvalue weighted by Crippen LogP contribution is -2.37. The zero-order chi connectivity index (χ0) is 24.9. The zero-order valence-electron chi connectivity index (χ0n) is 19.9. The van der Waals surface area contributed by atoms with Crippen molar-refractivity contribution in [1.29, 1.82) is 0 Å². The molecule has 35 heavy (non-hydrogen) atoms. The minimum absolute atomic E-state index is 0.178. The molecule has 0 aliphatic carbocycles. The average molecular weight is 474 g/mol. The van der Waals surface area contributed by atoms with Crippen LogP contribution in [0.15, 0.2) is 72.8 Å². The number of nitrogens with one attached hydrogen (secondary N) is 1. The van der Waals surface area contributed by atoms with Gasteiger partial charge in [0.1, 0.15) is 17.5 Å². The number of hydrogen-bond acceptors (Lipinski definition) is 5. The Labute approximate surface area is 204 Å². The molecule has 8 heteroatoms. The molecule has 0 radical (unpaired) electrons. The molecule has 1 atom stereocenters. The van der Waals surface area contributed by atoms with E-state index in [9.17, 15) is 14.4 Å². The van der Waals surface area contributed by atoms with E-state index in [1.165, 1.54) is 12.0 Å². The molecule has 0 spiro atoms. The number of ether oxygens (including phenoxy) is 2. The maximum atomic E-state index is 13.5. The van der Waals surface area contributed by atoms with Crippen LogP contribution < -0.4 is 19.7 Å². The molecule has 1 saturated heterocycles. The maximum Gasteiger partial charge on any atom is 0.332 e. The van der Waals surface area contributed by atoms with Crippen molar-refractivity contribution < 1.29 is 23.9 Å². The number of anilines is 2. The number of carbonyl (C=O) groups excluding carboxylic acids is 3. The van der Waals surface area contributed by atoms with Crippen LogP contribution in [0.4, 0.5) is 16.2 Å². The number of urea groups is 1. The highest BCUT2D eigenvalue weighted by molar-refractivity contribution is 6.22. The van der Waals surface area contributed by atoms with Crippen LogP contribution in [0.25, 0.3) is 0 Å². The molecule has 3 aromatic rings. The van der Waals surface area contributed by atoms with E-state index in [2.05, 4.69) is 5.32 Å². The third-order valence-electron chi connectivity index (χ3n) is 5.86. The highest BCUT2D eigenvalue weighted by atomic mass is 16.5. The van der Waals surface area contributed by atoms with Gasteiger partial charge < -0.3 is 19.7 Å². The first kappa shape index (κ1) is 23.8. The predicted molar refractivity (Wildman–Crippen MR) is 133 cm³/mol. The van der Waals surface area contributed by atoms with Gasteiger partial charge in [0.2, 0.25) is 5.91 Å². The summed E-state index contributed by atoms with van der Waals surface area (Å²) in [6, 6.07) is 19.9. The van der Waals surface area contributed by atoms with Crippen molar-refractivity contribution in [1.82, 2.24) is 4.90 Å². The number of imide groups is 1. The molecule has 4 rings (SSSR count). The number of nitrogens with zero attached hydrogens (tertiary/aromatic N) is 2. The summed E-state index contributed by atoms with van der Waals surface area (Å²) in [6.07, 6.45) is -0.178. The lowest BCUT2D eigenvalue weighted by atomic mass is 10.1. The van der Waals surface area contributed by atoms with E-state index in [0.717, 1.165) is 16.0 Å². The van der Waals surface area contributed by atoms with E-state index >= 15 is 0 Å². The lowest BCUT2D eigenvalue weighted by Gasteiger charge is -2.22. The van der Waals surface area contributed by atoms with Gasteiger partial charge in [-0.25, -0.2) is 9.69 Å². The minimum atomic E-state index is -0.951. The van der Waals surface area contributed by atoms with Gasteiger partial charge in [-0.2, -0.15) is 0 Å². The summed E-state index contributed by atoms with van der Waals surface area (Å²) < 4.78 is 10.4. The van der Waals surface area contributed by atoms with Crippen molar-refractivity contribution >= 4 is 29.2 Å². The summed E-state index contributed by atoms with van der Waals surface area (Å²) in [4.78, 5) is 42.4. The number of benzene rings is 3. The largest absolute Gasteiger partial charge is 0.497 e. The van der Waals surface area contributed by atoms with Gasteiger partial charge >= 0.3 is 6.03 Å². The molecule has 1 N–H and O–H groups in total. The fourth-order valence-corrected chi connectivity index (χ4v) is 3.95. The topological polar surface area (TPSA) is 88.2 Å². The van der Waals surface area contributed by atoms with Crippen molar-refractivity contribution in [2.24, 2.45) is 0 Å². The number of carbonyl (C=O) groups is 3. The molecule has 3 aromatic carbocycles. The van der Waals surface area contributed by atoms with Crippen LogP contribution >= 0.6 is 0 Å². The highest BCUT2D eigenvalue weighted by Crippen LogP contribution is 2.30. The average Bonchev–Trinajstić information content (AvgIpc) is 3.09. The number of hydrogen-bond donors (Lipinski definition) is 1. The standard InChI is InChI=1S/C27H27N3O5/c1-18-7-9-19(10-8-18)17-29-24(16-25(31)28-20-11-13-22(34-2)14-12-20)26(32)30(27(29)33)21-5-4-6-23(15-21)35-3/h4-15,24H,16-17H2,1-3H3,(H,28,31). The summed E-state index contributed by atoms with van der Waals surface area (Å²) in [5.74, 6) is 0.356.